The summed E-state index contributed by atoms with van der Waals surface area (Å²) in [5, 5.41) is 0. The number of ether oxygens (including phenoxy) is 2. The van der Waals surface area contributed by atoms with Gasteiger partial charge in [0.05, 0.1) is 12.2 Å². The second kappa shape index (κ2) is 7.44. The molecule has 0 bridgehead atoms. The highest BCUT2D eigenvalue weighted by Gasteiger charge is 2.21. The summed E-state index contributed by atoms with van der Waals surface area (Å²) in [4.78, 5) is 11.1. The number of hydrogen-bond donors (Lipinski definition) is 0. The summed E-state index contributed by atoms with van der Waals surface area (Å²) in [6, 6.07) is 0. The van der Waals surface area contributed by atoms with Crippen molar-refractivity contribution in [3.63, 3.8) is 0 Å². The van der Waals surface area contributed by atoms with Gasteiger partial charge in [-0.2, -0.15) is 0 Å². The van der Waals surface area contributed by atoms with Crippen LogP contribution in [0.25, 0.3) is 0 Å². The third-order valence-corrected chi connectivity index (χ3v) is 2.64. The molecule has 0 aromatic carbocycles. The van der Waals surface area contributed by atoms with Gasteiger partial charge in [-0.05, 0) is 26.7 Å². The maximum absolute atomic E-state index is 11.1. The van der Waals surface area contributed by atoms with Crippen molar-refractivity contribution >= 4 is 5.97 Å². The molecule has 0 aromatic heterocycles. The molecule has 0 aromatic rings. The topological polar surface area (TPSA) is 35.5 Å². The molecule has 0 heterocycles. The van der Waals surface area contributed by atoms with Crippen LogP contribution in [0.1, 0.15) is 47.0 Å². The van der Waals surface area contributed by atoms with Crippen molar-refractivity contribution in [2.24, 2.45) is 0 Å². The van der Waals surface area contributed by atoms with Gasteiger partial charge < -0.3 is 9.47 Å². The molecule has 3 heteroatoms. The molecular formula is C13H24O3. The van der Waals surface area contributed by atoms with Crippen LogP contribution in [0, 0.1) is 0 Å². The Morgan fingerprint density at radius 3 is 2.38 bits per heavy atom. The molecule has 0 spiro atoms. The Bertz CT molecular complexity index is 235. The molecule has 0 aliphatic rings. The van der Waals surface area contributed by atoms with Crippen molar-refractivity contribution in [3.8, 4) is 0 Å². The SMILES string of the molecule is C=C(C)C(=O)OCCOC(C)(CC)CCC. The largest absolute Gasteiger partial charge is 0.460 e. The number of hydrogen-bond acceptors (Lipinski definition) is 3. The second-order valence-electron chi connectivity index (χ2n) is 4.32. The first kappa shape index (κ1) is 15.2. The molecule has 0 N–H and O–H groups in total. The van der Waals surface area contributed by atoms with Gasteiger partial charge in [-0.15, -0.1) is 0 Å². The van der Waals surface area contributed by atoms with Crippen LogP contribution in [0.3, 0.4) is 0 Å². The summed E-state index contributed by atoms with van der Waals surface area (Å²) < 4.78 is 10.7. The van der Waals surface area contributed by atoms with E-state index in [1.165, 1.54) is 0 Å². The van der Waals surface area contributed by atoms with E-state index in [0.29, 0.717) is 18.8 Å². The zero-order valence-electron chi connectivity index (χ0n) is 11.0. The minimum Gasteiger partial charge on any atom is -0.460 e. The normalized spacial score (nSPS) is 14.2. The fourth-order valence-corrected chi connectivity index (χ4v) is 1.43. The lowest BCUT2D eigenvalue weighted by Gasteiger charge is -2.28. The Hall–Kier alpha value is -0.830. The fraction of sp³-hybridized carbons (Fsp3) is 0.769. The number of carbonyl (C=O) groups excluding carboxylic acids is 1. The molecule has 0 aliphatic heterocycles. The van der Waals surface area contributed by atoms with Crippen molar-refractivity contribution in [2.45, 2.75) is 52.6 Å². The molecule has 1 atom stereocenters. The first-order chi connectivity index (χ1) is 7.45. The van der Waals surface area contributed by atoms with Gasteiger partial charge in [0.2, 0.25) is 0 Å². The molecule has 0 aliphatic carbocycles. The van der Waals surface area contributed by atoms with Crippen molar-refractivity contribution < 1.29 is 14.3 Å². The highest BCUT2D eigenvalue weighted by molar-refractivity contribution is 5.86. The van der Waals surface area contributed by atoms with E-state index < -0.39 is 0 Å². The minimum atomic E-state index is -0.350. The van der Waals surface area contributed by atoms with E-state index in [4.69, 9.17) is 9.47 Å². The Balaban J connectivity index is 3.79. The average Bonchev–Trinajstić information content (AvgIpc) is 2.24. The number of rotatable bonds is 8. The smallest absolute Gasteiger partial charge is 0.333 e. The van der Waals surface area contributed by atoms with E-state index in [2.05, 4.69) is 27.4 Å². The third kappa shape index (κ3) is 5.91. The molecule has 0 rings (SSSR count). The quantitative estimate of drug-likeness (QED) is 0.364. The van der Waals surface area contributed by atoms with Gasteiger partial charge in [0, 0.05) is 5.57 Å². The zero-order chi connectivity index (χ0) is 12.6. The van der Waals surface area contributed by atoms with E-state index in [1.807, 2.05) is 0 Å². The lowest BCUT2D eigenvalue weighted by Crippen LogP contribution is -2.29. The highest BCUT2D eigenvalue weighted by Crippen LogP contribution is 2.21. The molecule has 16 heavy (non-hydrogen) atoms. The predicted molar refractivity (Wildman–Crippen MR) is 65.3 cm³/mol. The van der Waals surface area contributed by atoms with Crippen LogP contribution < -0.4 is 0 Å². The highest BCUT2D eigenvalue weighted by atomic mass is 16.6. The summed E-state index contributed by atoms with van der Waals surface area (Å²) in [6.07, 6.45) is 3.09. The van der Waals surface area contributed by atoms with Gasteiger partial charge in [-0.25, -0.2) is 4.79 Å². The first-order valence-electron chi connectivity index (χ1n) is 5.91. The molecule has 0 radical (unpaired) electrons. The predicted octanol–water partition coefficient (Wildman–Crippen LogP) is 3.09. The van der Waals surface area contributed by atoms with Gasteiger partial charge in [-0.1, -0.05) is 26.8 Å². The fourth-order valence-electron chi connectivity index (χ4n) is 1.43. The molecule has 0 amide bonds. The second-order valence-corrected chi connectivity index (χ2v) is 4.32. The molecule has 94 valence electrons. The van der Waals surface area contributed by atoms with Crippen LogP contribution >= 0.6 is 0 Å². The summed E-state index contributed by atoms with van der Waals surface area (Å²) in [7, 11) is 0. The molecule has 1 unspecified atom stereocenters. The molecule has 0 fully saturated rings. The summed E-state index contributed by atoms with van der Waals surface area (Å²) in [6.45, 7) is 12.2. The first-order valence-corrected chi connectivity index (χ1v) is 5.91. The van der Waals surface area contributed by atoms with Crippen LogP contribution in [0.4, 0.5) is 0 Å². The Morgan fingerprint density at radius 2 is 1.94 bits per heavy atom. The molecule has 0 saturated heterocycles. The summed E-state index contributed by atoms with van der Waals surface area (Å²) in [5.74, 6) is -0.350. The maximum Gasteiger partial charge on any atom is 0.333 e. The number of esters is 1. The van der Waals surface area contributed by atoms with Gasteiger partial charge in [0.15, 0.2) is 0 Å². The third-order valence-electron chi connectivity index (χ3n) is 2.64. The molecule has 3 nitrogen and oxygen atoms in total. The van der Waals surface area contributed by atoms with Crippen LogP contribution in [0.15, 0.2) is 12.2 Å². The lowest BCUT2D eigenvalue weighted by molar-refractivity contribution is -0.143. The van der Waals surface area contributed by atoms with E-state index in [0.717, 1.165) is 19.3 Å². The van der Waals surface area contributed by atoms with E-state index in [1.54, 1.807) is 6.92 Å². The lowest BCUT2D eigenvalue weighted by atomic mass is 9.97. The Labute approximate surface area is 98.8 Å². The van der Waals surface area contributed by atoms with Crippen molar-refractivity contribution in [3.05, 3.63) is 12.2 Å². The summed E-state index contributed by atoms with van der Waals surface area (Å²) >= 11 is 0. The van der Waals surface area contributed by atoms with Gasteiger partial charge in [0.1, 0.15) is 6.61 Å². The van der Waals surface area contributed by atoms with E-state index >= 15 is 0 Å². The minimum absolute atomic E-state index is 0.0929. The van der Waals surface area contributed by atoms with Gasteiger partial charge in [-0.3, -0.25) is 0 Å². The van der Waals surface area contributed by atoms with Gasteiger partial charge >= 0.3 is 5.97 Å². The average molecular weight is 228 g/mol. The van der Waals surface area contributed by atoms with Crippen molar-refractivity contribution in [2.75, 3.05) is 13.2 Å². The zero-order valence-corrected chi connectivity index (χ0v) is 11.0. The van der Waals surface area contributed by atoms with Crippen molar-refractivity contribution in [1.82, 2.24) is 0 Å². The Kier molecular flexibility index (Phi) is 7.06. The summed E-state index contributed by atoms with van der Waals surface area (Å²) in [5.41, 5.74) is 0.330. The monoisotopic (exact) mass is 228 g/mol. The van der Waals surface area contributed by atoms with Gasteiger partial charge in [0.25, 0.3) is 0 Å². The number of carbonyl (C=O) groups is 1. The van der Waals surface area contributed by atoms with E-state index in [-0.39, 0.29) is 11.6 Å². The van der Waals surface area contributed by atoms with Crippen LogP contribution in [-0.2, 0) is 14.3 Å². The van der Waals surface area contributed by atoms with Crippen LogP contribution in [0.5, 0.6) is 0 Å². The van der Waals surface area contributed by atoms with Crippen molar-refractivity contribution in [1.29, 1.82) is 0 Å². The molecular weight excluding hydrogens is 204 g/mol. The standard InChI is InChI=1S/C13H24O3/c1-6-8-13(5,7-2)16-10-9-15-12(14)11(3)4/h3,6-10H2,1-2,4-5H3. The molecule has 0 saturated carbocycles. The van der Waals surface area contributed by atoms with Crippen LogP contribution in [0.2, 0.25) is 0 Å². The maximum atomic E-state index is 11.1. The van der Waals surface area contributed by atoms with E-state index in [9.17, 15) is 4.79 Å². The van der Waals surface area contributed by atoms with Crippen LogP contribution in [-0.4, -0.2) is 24.8 Å². The Morgan fingerprint density at radius 1 is 1.31 bits per heavy atom.